The molecule has 0 fully saturated rings. The van der Waals surface area contributed by atoms with E-state index >= 15 is 0 Å². The van der Waals surface area contributed by atoms with Gasteiger partial charge in [-0.05, 0) is 30.7 Å². The number of hydrogen-bond donors (Lipinski definition) is 2. The third-order valence-electron chi connectivity index (χ3n) is 3.59. The summed E-state index contributed by atoms with van der Waals surface area (Å²) in [6.45, 7) is 2.06. The number of thiazole rings is 1. The second-order valence-electron chi connectivity index (χ2n) is 5.06. The van der Waals surface area contributed by atoms with E-state index in [1.54, 1.807) is 18.6 Å². The third kappa shape index (κ3) is 2.67. The molecular weight excluding hydrogens is 330 g/mol. The van der Waals surface area contributed by atoms with Gasteiger partial charge in [-0.1, -0.05) is 17.7 Å². The van der Waals surface area contributed by atoms with Gasteiger partial charge in [-0.3, -0.25) is 0 Å². The number of benzene rings is 1. The minimum atomic E-state index is 0.610. The lowest BCUT2D eigenvalue weighted by molar-refractivity contribution is 1.28. The maximum Gasteiger partial charge on any atom is 0.188 e. The Morgan fingerprint density at radius 2 is 2.09 bits per heavy atom. The Morgan fingerprint density at radius 1 is 1.17 bits per heavy atom. The number of nitrogens with one attached hydrogen (secondary N) is 2. The monoisotopic (exact) mass is 341 g/mol. The number of nitrogens with zero attached hydrogens (tertiary/aromatic N) is 3. The van der Waals surface area contributed by atoms with Crippen LogP contribution in [0.3, 0.4) is 0 Å². The summed E-state index contributed by atoms with van der Waals surface area (Å²) < 4.78 is 0. The number of aromatic nitrogens is 4. The lowest BCUT2D eigenvalue weighted by atomic mass is 10.1. The quantitative estimate of drug-likeness (QED) is 0.562. The summed E-state index contributed by atoms with van der Waals surface area (Å²) in [5, 5.41) is 6.61. The molecule has 0 aliphatic heterocycles. The molecule has 5 nitrogen and oxygen atoms in total. The molecular formula is C16H12ClN5S. The Bertz CT molecular complexity index is 974. The average Bonchev–Trinajstić information content (AvgIpc) is 3.19. The largest absolute Gasteiger partial charge is 0.345 e. The van der Waals surface area contributed by atoms with Gasteiger partial charge in [0, 0.05) is 17.1 Å². The van der Waals surface area contributed by atoms with Crippen molar-refractivity contribution in [3.8, 4) is 11.3 Å². The average molecular weight is 342 g/mol. The van der Waals surface area contributed by atoms with Crippen LogP contribution in [0, 0.1) is 6.92 Å². The van der Waals surface area contributed by atoms with Crippen molar-refractivity contribution in [1.82, 2.24) is 19.9 Å². The number of hydrogen-bond acceptors (Lipinski definition) is 5. The van der Waals surface area contributed by atoms with Crippen LogP contribution in [0.5, 0.6) is 0 Å². The molecule has 23 heavy (non-hydrogen) atoms. The Kier molecular flexibility index (Phi) is 3.48. The molecule has 4 aromatic rings. The number of anilines is 2. The van der Waals surface area contributed by atoms with Crippen LogP contribution in [-0.4, -0.2) is 19.9 Å². The van der Waals surface area contributed by atoms with Crippen molar-refractivity contribution in [2.24, 2.45) is 0 Å². The summed E-state index contributed by atoms with van der Waals surface area (Å²) in [4.78, 5) is 16.4. The molecule has 2 N–H and O–H groups in total. The fraction of sp³-hybridized carbons (Fsp3) is 0.0625. The van der Waals surface area contributed by atoms with Crippen LogP contribution in [0.1, 0.15) is 5.56 Å². The normalized spacial score (nSPS) is 11.0. The standard InChI is InChI=1S/C16H12ClN5S/c1-9-11(3-4-12-15(9)20-8-19-12)13-7-23-16(21-13)22-14-5-2-10(17)6-18-14/h2-8H,1H3,(H,19,20)(H,18,21,22). The van der Waals surface area contributed by atoms with Gasteiger partial charge < -0.3 is 10.3 Å². The van der Waals surface area contributed by atoms with E-state index in [9.17, 15) is 0 Å². The topological polar surface area (TPSA) is 66.5 Å². The van der Waals surface area contributed by atoms with E-state index in [1.807, 2.05) is 17.5 Å². The molecule has 0 radical (unpaired) electrons. The zero-order valence-electron chi connectivity index (χ0n) is 12.2. The zero-order chi connectivity index (χ0) is 15.8. The van der Waals surface area contributed by atoms with Gasteiger partial charge >= 0.3 is 0 Å². The van der Waals surface area contributed by atoms with Crippen LogP contribution < -0.4 is 5.32 Å². The van der Waals surface area contributed by atoms with Crippen LogP contribution >= 0.6 is 22.9 Å². The molecule has 0 amide bonds. The molecule has 0 unspecified atom stereocenters. The number of aromatic amines is 1. The van der Waals surface area contributed by atoms with Crippen molar-refractivity contribution in [2.45, 2.75) is 6.92 Å². The first-order valence-electron chi connectivity index (χ1n) is 6.98. The van der Waals surface area contributed by atoms with E-state index in [1.165, 1.54) is 11.3 Å². The van der Waals surface area contributed by atoms with Gasteiger partial charge in [-0.15, -0.1) is 11.3 Å². The molecule has 0 bridgehead atoms. The summed E-state index contributed by atoms with van der Waals surface area (Å²) in [6.07, 6.45) is 3.32. The molecule has 0 aliphatic rings. The number of H-pyrrole nitrogens is 1. The van der Waals surface area contributed by atoms with Crippen molar-refractivity contribution in [3.63, 3.8) is 0 Å². The maximum atomic E-state index is 5.84. The Labute approximate surface area is 141 Å². The molecule has 7 heteroatoms. The molecule has 0 aliphatic carbocycles. The van der Waals surface area contributed by atoms with Gasteiger partial charge in [0.15, 0.2) is 5.13 Å². The van der Waals surface area contributed by atoms with Crippen molar-refractivity contribution in [1.29, 1.82) is 0 Å². The predicted octanol–water partition coefficient (Wildman–Crippen LogP) is 4.79. The summed E-state index contributed by atoms with van der Waals surface area (Å²) in [5.41, 5.74) is 5.13. The Hall–Kier alpha value is -2.44. The van der Waals surface area contributed by atoms with Crippen LogP contribution in [0.15, 0.2) is 42.2 Å². The smallest absolute Gasteiger partial charge is 0.188 e. The fourth-order valence-electron chi connectivity index (χ4n) is 2.44. The number of halogens is 1. The van der Waals surface area contributed by atoms with Crippen molar-refractivity contribution in [3.05, 3.63) is 52.8 Å². The lowest BCUT2D eigenvalue weighted by Gasteiger charge is -2.03. The highest BCUT2D eigenvalue weighted by Gasteiger charge is 2.11. The second kappa shape index (κ2) is 5.64. The third-order valence-corrected chi connectivity index (χ3v) is 4.57. The minimum absolute atomic E-state index is 0.610. The van der Waals surface area contributed by atoms with E-state index < -0.39 is 0 Å². The van der Waals surface area contributed by atoms with Gasteiger partial charge in [0.1, 0.15) is 5.82 Å². The summed E-state index contributed by atoms with van der Waals surface area (Å²) in [7, 11) is 0. The number of rotatable bonds is 3. The number of fused-ring (bicyclic) bond motifs is 1. The van der Waals surface area contributed by atoms with Crippen LogP contribution in [0.25, 0.3) is 22.3 Å². The first-order valence-corrected chi connectivity index (χ1v) is 8.23. The minimum Gasteiger partial charge on any atom is -0.345 e. The van der Waals surface area contributed by atoms with Gasteiger partial charge in [-0.25, -0.2) is 15.0 Å². The van der Waals surface area contributed by atoms with E-state index in [0.29, 0.717) is 5.02 Å². The highest BCUT2D eigenvalue weighted by molar-refractivity contribution is 7.14. The van der Waals surface area contributed by atoms with Crippen molar-refractivity contribution in [2.75, 3.05) is 5.32 Å². The predicted molar refractivity (Wildman–Crippen MR) is 94.5 cm³/mol. The Morgan fingerprint density at radius 3 is 2.91 bits per heavy atom. The van der Waals surface area contributed by atoms with Gasteiger partial charge in [0.25, 0.3) is 0 Å². The van der Waals surface area contributed by atoms with Gasteiger partial charge in [0.2, 0.25) is 0 Å². The summed E-state index contributed by atoms with van der Waals surface area (Å²) in [6, 6.07) is 7.71. The molecule has 3 aromatic heterocycles. The summed E-state index contributed by atoms with van der Waals surface area (Å²) >= 11 is 7.38. The number of pyridine rings is 1. The first-order chi connectivity index (χ1) is 11.2. The molecule has 1 aromatic carbocycles. The van der Waals surface area contributed by atoms with Gasteiger partial charge in [-0.2, -0.15) is 0 Å². The van der Waals surface area contributed by atoms with E-state index in [0.717, 1.165) is 38.8 Å². The van der Waals surface area contributed by atoms with Crippen molar-refractivity contribution >= 4 is 44.9 Å². The van der Waals surface area contributed by atoms with Gasteiger partial charge in [0.05, 0.1) is 28.1 Å². The molecule has 114 valence electrons. The number of imidazole rings is 1. The first kappa shape index (κ1) is 14.2. The highest BCUT2D eigenvalue weighted by Crippen LogP contribution is 2.31. The van der Waals surface area contributed by atoms with E-state index in [2.05, 4.69) is 38.2 Å². The van der Waals surface area contributed by atoms with Crippen LogP contribution in [-0.2, 0) is 0 Å². The molecule has 0 saturated heterocycles. The highest BCUT2D eigenvalue weighted by atomic mass is 35.5. The molecule has 0 spiro atoms. The second-order valence-corrected chi connectivity index (χ2v) is 6.36. The zero-order valence-corrected chi connectivity index (χ0v) is 13.7. The lowest BCUT2D eigenvalue weighted by Crippen LogP contribution is -1.92. The summed E-state index contributed by atoms with van der Waals surface area (Å²) in [5.74, 6) is 0.717. The maximum absolute atomic E-state index is 5.84. The number of aryl methyl sites for hydroxylation is 1. The van der Waals surface area contributed by atoms with E-state index in [-0.39, 0.29) is 0 Å². The molecule has 0 saturated carbocycles. The molecule has 0 atom stereocenters. The Balaban J connectivity index is 1.66. The molecule has 4 rings (SSSR count). The SMILES string of the molecule is Cc1c(-c2csc(Nc3ccc(Cl)cn3)n2)ccc2[nH]cnc12. The molecule has 3 heterocycles. The van der Waals surface area contributed by atoms with E-state index in [4.69, 9.17) is 11.6 Å². The fourth-order valence-corrected chi connectivity index (χ4v) is 3.27. The van der Waals surface area contributed by atoms with Crippen molar-refractivity contribution < 1.29 is 0 Å². The van der Waals surface area contributed by atoms with Crippen LogP contribution in [0.4, 0.5) is 10.9 Å². The van der Waals surface area contributed by atoms with Crippen LogP contribution in [0.2, 0.25) is 5.02 Å².